The molecule has 0 heterocycles. The van der Waals surface area contributed by atoms with Gasteiger partial charge in [-0.25, -0.2) is 13.1 Å². The molecule has 0 saturated heterocycles. The first-order valence-electron chi connectivity index (χ1n) is 4.87. The van der Waals surface area contributed by atoms with Crippen LogP contribution in [0.4, 0.5) is 0 Å². The maximum atomic E-state index is 11.3. The van der Waals surface area contributed by atoms with Gasteiger partial charge in [0.25, 0.3) is 0 Å². The van der Waals surface area contributed by atoms with Crippen LogP contribution in [-0.4, -0.2) is 39.0 Å². The maximum Gasteiger partial charge on any atom is 0.211 e. The van der Waals surface area contributed by atoms with Crippen LogP contribution in [0.5, 0.6) is 0 Å². The molecule has 3 N–H and O–H groups in total. The zero-order valence-corrected chi connectivity index (χ0v) is 9.38. The van der Waals surface area contributed by atoms with Crippen molar-refractivity contribution in [2.24, 2.45) is 5.73 Å². The lowest BCUT2D eigenvalue weighted by Gasteiger charge is -2.42. The zero-order valence-electron chi connectivity index (χ0n) is 8.56. The summed E-state index contributed by atoms with van der Waals surface area (Å²) in [5, 5.41) is 0. The molecule has 3 atom stereocenters. The monoisotopic (exact) mass is 222 g/mol. The van der Waals surface area contributed by atoms with Gasteiger partial charge >= 0.3 is 0 Å². The van der Waals surface area contributed by atoms with E-state index in [1.54, 1.807) is 6.92 Å². The molecule has 6 heteroatoms. The third-order valence-electron chi connectivity index (χ3n) is 2.44. The first kappa shape index (κ1) is 11.9. The summed E-state index contributed by atoms with van der Waals surface area (Å²) in [7, 11) is -3.17. The molecule has 0 aliphatic heterocycles. The lowest BCUT2D eigenvalue weighted by molar-refractivity contribution is -0.0248. The molecule has 5 nitrogen and oxygen atoms in total. The van der Waals surface area contributed by atoms with Crippen LogP contribution in [0.15, 0.2) is 0 Å². The van der Waals surface area contributed by atoms with Crippen LogP contribution in [0.25, 0.3) is 0 Å². The van der Waals surface area contributed by atoms with Gasteiger partial charge in [0.1, 0.15) is 0 Å². The van der Waals surface area contributed by atoms with Crippen molar-refractivity contribution in [1.29, 1.82) is 0 Å². The second-order valence-electron chi connectivity index (χ2n) is 3.44. The standard InChI is InChI=1S/C8H18N2O3S/c1-3-13-7-5-6(9)8(7)10-14(11,12)4-2/h6-8,10H,3-5,9H2,1-2H3. The van der Waals surface area contributed by atoms with E-state index in [0.29, 0.717) is 6.61 Å². The van der Waals surface area contributed by atoms with E-state index >= 15 is 0 Å². The Hall–Kier alpha value is -0.170. The highest BCUT2D eigenvalue weighted by Gasteiger charge is 2.41. The van der Waals surface area contributed by atoms with Gasteiger partial charge in [0.2, 0.25) is 10.0 Å². The van der Waals surface area contributed by atoms with Crippen LogP contribution < -0.4 is 10.5 Å². The minimum atomic E-state index is -3.17. The average molecular weight is 222 g/mol. The molecule has 1 saturated carbocycles. The van der Waals surface area contributed by atoms with E-state index in [-0.39, 0.29) is 23.9 Å². The summed E-state index contributed by atoms with van der Waals surface area (Å²) in [4.78, 5) is 0. The predicted octanol–water partition coefficient (Wildman–Crippen LogP) is -0.570. The second kappa shape index (κ2) is 4.57. The van der Waals surface area contributed by atoms with Gasteiger partial charge in [-0.05, 0) is 20.3 Å². The summed E-state index contributed by atoms with van der Waals surface area (Å²) in [5.41, 5.74) is 5.70. The van der Waals surface area contributed by atoms with Crippen LogP contribution in [-0.2, 0) is 14.8 Å². The van der Waals surface area contributed by atoms with Gasteiger partial charge in [0.05, 0.1) is 17.9 Å². The second-order valence-corrected chi connectivity index (χ2v) is 5.48. The summed E-state index contributed by atoms with van der Waals surface area (Å²) < 4.78 is 30.4. The number of hydrogen-bond donors (Lipinski definition) is 2. The molecule has 0 bridgehead atoms. The topological polar surface area (TPSA) is 81.4 Å². The molecular formula is C8H18N2O3S. The van der Waals surface area contributed by atoms with Crippen molar-refractivity contribution in [2.45, 2.75) is 38.5 Å². The molecule has 0 amide bonds. The van der Waals surface area contributed by atoms with Crippen LogP contribution in [0.2, 0.25) is 0 Å². The summed E-state index contributed by atoms with van der Waals surface area (Å²) in [6.45, 7) is 4.07. The maximum absolute atomic E-state index is 11.3. The predicted molar refractivity (Wildman–Crippen MR) is 54.4 cm³/mol. The molecule has 0 aromatic rings. The van der Waals surface area contributed by atoms with Gasteiger partial charge in [0, 0.05) is 12.6 Å². The number of hydrogen-bond acceptors (Lipinski definition) is 4. The Balaban J connectivity index is 2.50. The van der Waals surface area contributed by atoms with E-state index in [1.807, 2.05) is 6.92 Å². The van der Waals surface area contributed by atoms with E-state index in [2.05, 4.69) is 4.72 Å². The molecule has 1 fully saturated rings. The number of sulfonamides is 1. The SMILES string of the molecule is CCOC1CC(N)C1NS(=O)(=O)CC. The average Bonchev–Trinajstić information content (AvgIpc) is 2.15. The van der Waals surface area contributed by atoms with Crippen molar-refractivity contribution >= 4 is 10.0 Å². The van der Waals surface area contributed by atoms with Crippen molar-refractivity contribution < 1.29 is 13.2 Å². The van der Waals surface area contributed by atoms with Crippen molar-refractivity contribution in [3.05, 3.63) is 0 Å². The normalized spacial score (nSPS) is 32.6. The van der Waals surface area contributed by atoms with Crippen LogP contribution in [0.1, 0.15) is 20.3 Å². The van der Waals surface area contributed by atoms with Gasteiger partial charge < -0.3 is 10.5 Å². The number of ether oxygens (including phenoxy) is 1. The molecule has 1 aliphatic carbocycles. The molecule has 1 rings (SSSR count). The summed E-state index contributed by atoms with van der Waals surface area (Å²) in [6, 6.07) is -0.368. The van der Waals surface area contributed by atoms with Gasteiger partial charge in [-0.15, -0.1) is 0 Å². The van der Waals surface area contributed by atoms with Crippen molar-refractivity contribution in [3.8, 4) is 0 Å². The first-order valence-corrected chi connectivity index (χ1v) is 6.52. The van der Waals surface area contributed by atoms with Crippen LogP contribution in [0.3, 0.4) is 0 Å². The fourth-order valence-corrected chi connectivity index (χ4v) is 2.39. The van der Waals surface area contributed by atoms with E-state index < -0.39 is 10.0 Å². The van der Waals surface area contributed by atoms with Gasteiger partial charge in [0.15, 0.2) is 0 Å². The highest BCUT2D eigenvalue weighted by Crippen LogP contribution is 2.23. The van der Waals surface area contributed by atoms with E-state index in [9.17, 15) is 8.42 Å². The molecular weight excluding hydrogens is 204 g/mol. The molecule has 0 spiro atoms. The van der Waals surface area contributed by atoms with Crippen molar-refractivity contribution in [1.82, 2.24) is 4.72 Å². The third kappa shape index (κ3) is 2.66. The molecule has 84 valence electrons. The first-order chi connectivity index (χ1) is 6.50. The van der Waals surface area contributed by atoms with Gasteiger partial charge in [-0.3, -0.25) is 0 Å². The molecule has 3 unspecified atom stereocenters. The highest BCUT2D eigenvalue weighted by molar-refractivity contribution is 7.89. The van der Waals surface area contributed by atoms with Gasteiger partial charge in [-0.1, -0.05) is 0 Å². The third-order valence-corrected chi connectivity index (χ3v) is 3.83. The Morgan fingerprint density at radius 2 is 2.14 bits per heavy atom. The summed E-state index contributed by atoms with van der Waals surface area (Å²) in [5.74, 6) is 0.0784. The fourth-order valence-electron chi connectivity index (χ4n) is 1.48. The van der Waals surface area contributed by atoms with E-state index in [4.69, 9.17) is 10.5 Å². The van der Waals surface area contributed by atoms with E-state index in [1.165, 1.54) is 0 Å². The lowest BCUT2D eigenvalue weighted by Crippen LogP contribution is -2.64. The minimum Gasteiger partial charge on any atom is -0.377 e. The van der Waals surface area contributed by atoms with E-state index in [0.717, 1.165) is 6.42 Å². The molecule has 0 radical (unpaired) electrons. The van der Waals surface area contributed by atoms with Crippen LogP contribution in [0, 0.1) is 0 Å². The Labute approximate surface area is 85.1 Å². The molecule has 0 aromatic carbocycles. The van der Waals surface area contributed by atoms with Crippen molar-refractivity contribution in [3.63, 3.8) is 0 Å². The molecule has 0 aromatic heterocycles. The lowest BCUT2D eigenvalue weighted by atomic mass is 9.84. The smallest absolute Gasteiger partial charge is 0.211 e. The number of nitrogens with one attached hydrogen (secondary N) is 1. The summed E-state index contributed by atoms with van der Waals surface area (Å²) >= 11 is 0. The number of nitrogens with two attached hydrogens (primary N) is 1. The fraction of sp³-hybridized carbons (Fsp3) is 1.00. The Morgan fingerprint density at radius 1 is 1.50 bits per heavy atom. The molecule has 14 heavy (non-hydrogen) atoms. The zero-order chi connectivity index (χ0) is 10.8. The minimum absolute atomic E-state index is 0.0590. The Morgan fingerprint density at radius 3 is 2.57 bits per heavy atom. The van der Waals surface area contributed by atoms with Crippen LogP contribution >= 0.6 is 0 Å². The Kier molecular flexibility index (Phi) is 3.88. The van der Waals surface area contributed by atoms with Gasteiger partial charge in [-0.2, -0.15) is 0 Å². The number of rotatable bonds is 5. The molecule has 1 aliphatic rings. The quantitative estimate of drug-likeness (QED) is 0.653. The Bertz CT molecular complexity index is 276. The van der Waals surface area contributed by atoms with Crippen molar-refractivity contribution in [2.75, 3.05) is 12.4 Å². The summed E-state index contributed by atoms with van der Waals surface area (Å²) in [6.07, 6.45) is 0.668. The highest BCUT2D eigenvalue weighted by atomic mass is 32.2. The largest absolute Gasteiger partial charge is 0.377 e.